The summed E-state index contributed by atoms with van der Waals surface area (Å²) in [5.41, 5.74) is -1.38. The van der Waals surface area contributed by atoms with Crippen LogP contribution >= 0.6 is 0 Å². The number of carboxylic acid groups (broad SMARTS) is 1. The highest BCUT2D eigenvalue weighted by molar-refractivity contribution is 6.47. The summed E-state index contributed by atoms with van der Waals surface area (Å²) in [7, 11) is -1.91. The van der Waals surface area contributed by atoms with E-state index in [0.29, 0.717) is 17.0 Å². The molecule has 0 bridgehead atoms. The zero-order valence-electron chi connectivity index (χ0n) is 21.3. The van der Waals surface area contributed by atoms with Crippen molar-refractivity contribution in [2.24, 2.45) is 0 Å². The van der Waals surface area contributed by atoms with Crippen LogP contribution in [0.1, 0.15) is 34.5 Å². The number of imide groups is 1. The standard InChI is InChI=1S/C24H23BF2N4O10/c1-2-30-5-6-31(22(36)21(30)35)24(39)29-18(11-8-14(32)15(33)9-13(11)27)20(34)28-16-7-10-3-4-12(26)17(23(37)38)19(10)41-25(16)40/h3-4,8-9,16,18,32-33,40H,2,5-7H2,1H3,(H,28,34)(H,29,39)(H,37,38)/t16-,18?/m0/s1. The fourth-order valence-electron chi connectivity index (χ4n) is 4.47. The fourth-order valence-corrected chi connectivity index (χ4v) is 4.47. The van der Waals surface area contributed by atoms with Crippen LogP contribution in [0, 0.1) is 11.6 Å². The van der Waals surface area contributed by atoms with Crippen molar-refractivity contribution in [3.8, 4) is 17.2 Å². The number of carbonyl (C=O) groups excluding carboxylic acids is 4. The lowest BCUT2D eigenvalue weighted by Crippen LogP contribution is -2.60. The number of benzene rings is 2. The number of phenolic OH excluding ortho intramolecular Hbond substituents is 2. The largest absolute Gasteiger partial charge is 0.547 e. The van der Waals surface area contributed by atoms with Gasteiger partial charge in [-0.05, 0) is 31.0 Å². The molecule has 1 fully saturated rings. The van der Waals surface area contributed by atoms with Crippen molar-refractivity contribution in [3.05, 3.63) is 52.6 Å². The highest BCUT2D eigenvalue weighted by atomic mass is 19.1. The van der Waals surface area contributed by atoms with Crippen LogP contribution in [-0.2, 0) is 20.8 Å². The number of likely N-dealkylation sites (N-methyl/N-ethyl adjacent to an activating group) is 1. The fraction of sp³-hybridized carbons (Fsp3) is 0.292. The first kappa shape index (κ1) is 29.1. The molecule has 14 nitrogen and oxygen atoms in total. The second-order valence-corrected chi connectivity index (χ2v) is 9.13. The third-order valence-electron chi connectivity index (χ3n) is 6.62. The van der Waals surface area contributed by atoms with Crippen LogP contribution in [-0.4, -0.2) is 92.6 Å². The van der Waals surface area contributed by atoms with Gasteiger partial charge >= 0.3 is 30.9 Å². The minimum absolute atomic E-state index is 0.00363. The van der Waals surface area contributed by atoms with Gasteiger partial charge in [-0.15, -0.1) is 0 Å². The van der Waals surface area contributed by atoms with Gasteiger partial charge in [0.25, 0.3) is 0 Å². The first-order valence-electron chi connectivity index (χ1n) is 12.2. The summed E-state index contributed by atoms with van der Waals surface area (Å²) in [6.45, 7) is 1.60. The number of halogens is 2. The van der Waals surface area contributed by atoms with Gasteiger partial charge in [0.1, 0.15) is 29.0 Å². The normalized spacial score (nSPS) is 17.5. The highest BCUT2D eigenvalue weighted by Gasteiger charge is 2.42. The lowest BCUT2D eigenvalue weighted by Gasteiger charge is -2.33. The molecule has 5 amide bonds. The molecule has 17 heteroatoms. The Hall–Kier alpha value is -4.93. The molecule has 6 N–H and O–H groups in total. The molecule has 0 aliphatic carbocycles. The van der Waals surface area contributed by atoms with Crippen LogP contribution in [0.2, 0.25) is 0 Å². The predicted molar refractivity (Wildman–Crippen MR) is 133 cm³/mol. The van der Waals surface area contributed by atoms with Crippen molar-refractivity contribution in [2.45, 2.75) is 25.3 Å². The van der Waals surface area contributed by atoms with E-state index < -0.39 is 88.8 Å². The molecule has 2 aromatic carbocycles. The number of amides is 5. The Kier molecular flexibility index (Phi) is 8.00. The van der Waals surface area contributed by atoms with Crippen LogP contribution < -0.4 is 15.3 Å². The first-order chi connectivity index (χ1) is 19.3. The van der Waals surface area contributed by atoms with E-state index in [4.69, 9.17) is 4.65 Å². The summed E-state index contributed by atoms with van der Waals surface area (Å²) >= 11 is 0. The average Bonchev–Trinajstić information content (AvgIpc) is 2.91. The minimum atomic E-state index is -1.99. The van der Waals surface area contributed by atoms with E-state index in [0.717, 1.165) is 6.07 Å². The smallest absolute Gasteiger partial charge is 0.534 e. The van der Waals surface area contributed by atoms with Crippen LogP contribution in [0.3, 0.4) is 0 Å². The lowest BCUT2D eigenvalue weighted by molar-refractivity contribution is -0.153. The van der Waals surface area contributed by atoms with Gasteiger partial charge in [0.05, 0.1) is 5.94 Å². The number of phenols is 2. The molecule has 2 heterocycles. The Balaban J connectivity index is 1.62. The SMILES string of the molecule is CCN1CCN(C(=O)NC(C(=O)N[C@H]2Cc3ccc(F)c(C(=O)O)c3OB2O)c2cc(O)c(O)cc2F)C(=O)C1=O. The molecule has 2 aliphatic rings. The maximum Gasteiger partial charge on any atom is 0.547 e. The summed E-state index contributed by atoms with van der Waals surface area (Å²) in [5.74, 6) is -10.9. The third kappa shape index (κ3) is 5.56. The molecule has 2 aliphatic heterocycles. The molecule has 1 unspecified atom stereocenters. The number of carbonyl (C=O) groups is 5. The average molecular weight is 576 g/mol. The van der Waals surface area contributed by atoms with E-state index in [2.05, 4.69) is 10.6 Å². The molecule has 0 spiro atoms. The quantitative estimate of drug-likeness (QED) is 0.150. The van der Waals surface area contributed by atoms with E-state index in [-0.39, 0.29) is 31.6 Å². The van der Waals surface area contributed by atoms with Gasteiger partial charge < -0.3 is 40.5 Å². The summed E-state index contributed by atoms with van der Waals surface area (Å²) in [5, 5.41) is 43.8. The minimum Gasteiger partial charge on any atom is -0.534 e. The maximum atomic E-state index is 14.9. The van der Waals surface area contributed by atoms with E-state index in [1.54, 1.807) is 6.92 Å². The Morgan fingerprint density at radius 3 is 2.44 bits per heavy atom. The zero-order chi connectivity index (χ0) is 30.2. The lowest BCUT2D eigenvalue weighted by atomic mass is 9.72. The molecule has 2 aromatic rings. The van der Waals surface area contributed by atoms with Gasteiger partial charge in [-0.1, -0.05) is 6.07 Å². The second-order valence-electron chi connectivity index (χ2n) is 9.13. The third-order valence-corrected chi connectivity index (χ3v) is 6.62. The number of aromatic hydroxyl groups is 2. The number of urea groups is 1. The topological polar surface area (TPSA) is 206 Å². The van der Waals surface area contributed by atoms with Crippen molar-refractivity contribution >= 4 is 36.8 Å². The Labute approximate surface area is 230 Å². The zero-order valence-corrected chi connectivity index (χ0v) is 21.3. The molecule has 1 saturated heterocycles. The molecular formula is C24H23BF2N4O10. The highest BCUT2D eigenvalue weighted by Crippen LogP contribution is 2.33. The number of fused-ring (bicyclic) bond motifs is 1. The van der Waals surface area contributed by atoms with Crippen molar-refractivity contribution in [3.63, 3.8) is 0 Å². The van der Waals surface area contributed by atoms with Gasteiger partial charge in [0, 0.05) is 31.3 Å². The van der Waals surface area contributed by atoms with Gasteiger partial charge in [-0.25, -0.2) is 18.4 Å². The van der Waals surface area contributed by atoms with Crippen molar-refractivity contribution in [1.82, 2.24) is 20.4 Å². The Morgan fingerprint density at radius 1 is 1.10 bits per heavy atom. The Bertz CT molecular complexity index is 1460. The number of hydrogen-bond acceptors (Lipinski definition) is 9. The van der Waals surface area contributed by atoms with Crippen LogP contribution in [0.25, 0.3) is 0 Å². The van der Waals surface area contributed by atoms with Gasteiger partial charge in [0.2, 0.25) is 5.91 Å². The first-order valence-corrected chi connectivity index (χ1v) is 12.2. The van der Waals surface area contributed by atoms with E-state index in [1.807, 2.05) is 0 Å². The van der Waals surface area contributed by atoms with Gasteiger partial charge in [0.15, 0.2) is 11.5 Å². The summed E-state index contributed by atoms with van der Waals surface area (Å²) in [4.78, 5) is 64.3. The molecule has 4 rings (SSSR count). The van der Waals surface area contributed by atoms with Crippen molar-refractivity contribution in [1.29, 1.82) is 0 Å². The maximum absolute atomic E-state index is 14.9. The molecule has 2 atom stereocenters. The second kappa shape index (κ2) is 11.3. The van der Waals surface area contributed by atoms with E-state index in [1.165, 1.54) is 11.0 Å². The van der Waals surface area contributed by atoms with Gasteiger partial charge in [-0.2, -0.15) is 0 Å². The number of nitrogens with zero attached hydrogens (tertiary/aromatic N) is 2. The predicted octanol–water partition coefficient (Wildman–Crippen LogP) is -0.345. The van der Waals surface area contributed by atoms with Crippen molar-refractivity contribution in [2.75, 3.05) is 19.6 Å². The van der Waals surface area contributed by atoms with Crippen LogP contribution in [0.4, 0.5) is 13.6 Å². The van der Waals surface area contributed by atoms with Crippen molar-refractivity contribution < 1.29 is 57.8 Å². The number of nitrogens with one attached hydrogen (secondary N) is 2. The van der Waals surface area contributed by atoms with Crippen LogP contribution in [0.5, 0.6) is 17.2 Å². The number of carboxylic acids is 1. The molecular weight excluding hydrogens is 553 g/mol. The number of rotatable bonds is 6. The number of aromatic carboxylic acids is 1. The molecule has 0 saturated carbocycles. The van der Waals surface area contributed by atoms with Crippen LogP contribution in [0.15, 0.2) is 24.3 Å². The molecule has 0 radical (unpaired) electrons. The molecule has 0 aromatic heterocycles. The number of piperazine rings is 1. The summed E-state index contributed by atoms with van der Waals surface area (Å²) < 4.78 is 34.1. The van der Waals surface area contributed by atoms with E-state index in [9.17, 15) is 53.1 Å². The monoisotopic (exact) mass is 576 g/mol. The summed E-state index contributed by atoms with van der Waals surface area (Å²) in [6, 6.07) is -0.0742. The number of hydrogen-bond donors (Lipinski definition) is 6. The molecule has 216 valence electrons. The van der Waals surface area contributed by atoms with E-state index >= 15 is 0 Å². The molecule has 41 heavy (non-hydrogen) atoms. The Morgan fingerprint density at radius 2 is 1.78 bits per heavy atom. The van der Waals surface area contributed by atoms with Gasteiger partial charge in [-0.3, -0.25) is 19.3 Å². The summed E-state index contributed by atoms with van der Waals surface area (Å²) in [6.07, 6.45) is -0.279.